The lowest BCUT2D eigenvalue weighted by molar-refractivity contribution is 0.101. The summed E-state index contributed by atoms with van der Waals surface area (Å²) in [5.74, 6) is -0.0715. The Morgan fingerprint density at radius 2 is 1.81 bits per heavy atom. The number of aromatic nitrogens is 2. The summed E-state index contributed by atoms with van der Waals surface area (Å²) in [5.41, 5.74) is 4.31. The summed E-state index contributed by atoms with van der Waals surface area (Å²) < 4.78 is 1.17. The van der Waals surface area contributed by atoms with Gasteiger partial charge in [-0.2, -0.15) is 0 Å². The number of halogens is 1. The number of hydrogen-bond donors (Lipinski definition) is 1. The molecule has 0 aliphatic carbocycles. The summed E-state index contributed by atoms with van der Waals surface area (Å²) in [4.78, 5) is 30.9. The lowest BCUT2D eigenvalue weighted by atomic mass is 10.1. The Hall–Kier alpha value is -2.96. The fourth-order valence-corrected chi connectivity index (χ4v) is 4.07. The summed E-state index contributed by atoms with van der Waals surface area (Å²) in [7, 11) is 0. The molecular weight excluding hydrogens is 382 g/mol. The van der Waals surface area contributed by atoms with Crippen LogP contribution in [0, 0.1) is 6.92 Å². The Morgan fingerprint density at radius 1 is 1.11 bits per heavy atom. The van der Waals surface area contributed by atoms with E-state index in [1.807, 2.05) is 35.7 Å². The highest BCUT2D eigenvalue weighted by molar-refractivity contribution is 7.17. The van der Waals surface area contributed by atoms with Gasteiger partial charge in [0.15, 0.2) is 0 Å². The van der Waals surface area contributed by atoms with Crippen molar-refractivity contribution in [3.63, 3.8) is 0 Å². The number of carbonyl (C=O) groups excluding carboxylic acids is 1. The van der Waals surface area contributed by atoms with Crippen molar-refractivity contribution in [3.05, 3.63) is 86.7 Å². The average molecular weight is 396 g/mol. The van der Waals surface area contributed by atoms with Crippen LogP contribution in [0.5, 0.6) is 0 Å². The molecule has 2 aromatic heterocycles. The van der Waals surface area contributed by atoms with Crippen LogP contribution in [0.25, 0.3) is 21.3 Å². The van der Waals surface area contributed by atoms with E-state index < -0.39 is 5.91 Å². The molecule has 0 atom stereocenters. The van der Waals surface area contributed by atoms with E-state index in [1.54, 1.807) is 31.2 Å². The van der Waals surface area contributed by atoms with Crippen molar-refractivity contribution in [1.29, 1.82) is 0 Å². The molecule has 0 fully saturated rings. The van der Waals surface area contributed by atoms with Gasteiger partial charge in [-0.05, 0) is 24.6 Å². The maximum atomic E-state index is 13.1. The second-order valence-electron chi connectivity index (χ2n) is 5.92. The number of hydrogen-bond acceptors (Lipinski definition) is 4. The molecule has 2 aromatic carbocycles. The molecule has 4 aromatic rings. The molecule has 7 heteroatoms. The van der Waals surface area contributed by atoms with E-state index in [2.05, 4.69) is 10.4 Å². The SMILES string of the molecule is Cc1nc2scc(-c3ccccc3)c2c(=O)n1NC(=O)c1ccccc1Cl. The molecule has 0 saturated heterocycles. The molecule has 134 valence electrons. The number of carbonyl (C=O) groups is 1. The molecule has 0 aliphatic rings. The van der Waals surface area contributed by atoms with Crippen molar-refractivity contribution in [2.45, 2.75) is 6.92 Å². The first-order valence-electron chi connectivity index (χ1n) is 8.18. The van der Waals surface area contributed by atoms with Gasteiger partial charge in [0.05, 0.1) is 16.0 Å². The molecule has 0 saturated carbocycles. The van der Waals surface area contributed by atoms with Gasteiger partial charge in [0.1, 0.15) is 10.7 Å². The van der Waals surface area contributed by atoms with Crippen LogP contribution in [0.15, 0.2) is 64.8 Å². The third kappa shape index (κ3) is 3.13. The first-order chi connectivity index (χ1) is 13.1. The van der Waals surface area contributed by atoms with Gasteiger partial charge in [0.25, 0.3) is 11.5 Å². The number of rotatable bonds is 3. The molecule has 4 rings (SSSR count). The molecule has 0 bridgehead atoms. The van der Waals surface area contributed by atoms with E-state index in [-0.39, 0.29) is 5.56 Å². The monoisotopic (exact) mass is 395 g/mol. The van der Waals surface area contributed by atoms with Gasteiger partial charge >= 0.3 is 0 Å². The number of nitrogens with zero attached hydrogens (tertiary/aromatic N) is 2. The third-order valence-corrected chi connectivity index (χ3v) is 5.39. The van der Waals surface area contributed by atoms with Crippen LogP contribution in [0.3, 0.4) is 0 Å². The fourth-order valence-electron chi connectivity index (χ4n) is 2.86. The van der Waals surface area contributed by atoms with Crippen molar-refractivity contribution >= 4 is 39.1 Å². The standard InChI is InChI=1S/C20H14ClN3O2S/c1-12-22-19-17(15(11-27-19)13-7-3-2-4-8-13)20(26)24(12)23-18(25)14-9-5-6-10-16(14)21/h2-11H,1H3,(H,23,25). The minimum atomic E-state index is -0.469. The molecule has 5 nitrogen and oxygen atoms in total. The van der Waals surface area contributed by atoms with E-state index in [9.17, 15) is 9.59 Å². The molecule has 1 N–H and O–H groups in total. The van der Waals surface area contributed by atoms with E-state index in [0.717, 1.165) is 11.1 Å². The average Bonchev–Trinajstić information content (AvgIpc) is 3.10. The van der Waals surface area contributed by atoms with Crippen molar-refractivity contribution in [3.8, 4) is 11.1 Å². The van der Waals surface area contributed by atoms with Crippen molar-refractivity contribution in [2.24, 2.45) is 0 Å². The lowest BCUT2D eigenvalue weighted by Crippen LogP contribution is -2.35. The number of aryl methyl sites for hydroxylation is 1. The minimum Gasteiger partial charge on any atom is -0.267 e. The normalized spacial score (nSPS) is 10.9. The van der Waals surface area contributed by atoms with Gasteiger partial charge in [0, 0.05) is 10.9 Å². The zero-order valence-corrected chi connectivity index (χ0v) is 15.8. The number of thiophene rings is 1. The summed E-state index contributed by atoms with van der Waals surface area (Å²) in [6.45, 7) is 1.68. The maximum Gasteiger partial charge on any atom is 0.281 e. The zero-order chi connectivity index (χ0) is 19.0. The highest BCUT2D eigenvalue weighted by Gasteiger charge is 2.18. The highest BCUT2D eigenvalue weighted by Crippen LogP contribution is 2.30. The summed E-state index contributed by atoms with van der Waals surface area (Å²) in [6.07, 6.45) is 0. The van der Waals surface area contributed by atoms with Gasteiger partial charge in [-0.25, -0.2) is 9.66 Å². The third-order valence-electron chi connectivity index (χ3n) is 4.19. The smallest absolute Gasteiger partial charge is 0.267 e. The Morgan fingerprint density at radius 3 is 2.56 bits per heavy atom. The second kappa shape index (κ2) is 6.98. The van der Waals surface area contributed by atoms with Gasteiger partial charge in [0.2, 0.25) is 0 Å². The molecule has 0 unspecified atom stereocenters. The largest absolute Gasteiger partial charge is 0.281 e. The predicted molar refractivity (Wildman–Crippen MR) is 109 cm³/mol. The molecular formula is C20H14ClN3O2S. The molecule has 1 amide bonds. The van der Waals surface area contributed by atoms with Crippen molar-refractivity contribution in [2.75, 3.05) is 5.43 Å². The van der Waals surface area contributed by atoms with E-state index in [0.29, 0.717) is 26.6 Å². The Kier molecular flexibility index (Phi) is 4.51. The van der Waals surface area contributed by atoms with Gasteiger partial charge in [-0.1, -0.05) is 54.1 Å². The molecule has 0 spiro atoms. The number of nitrogens with one attached hydrogen (secondary N) is 1. The van der Waals surface area contributed by atoms with Gasteiger partial charge in [-0.15, -0.1) is 11.3 Å². The van der Waals surface area contributed by atoms with E-state index >= 15 is 0 Å². The van der Waals surface area contributed by atoms with Crippen LogP contribution < -0.4 is 11.0 Å². The number of benzene rings is 2. The van der Waals surface area contributed by atoms with Crippen LogP contribution in [0.2, 0.25) is 5.02 Å². The highest BCUT2D eigenvalue weighted by atomic mass is 35.5. The summed E-state index contributed by atoms with van der Waals surface area (Å²) >= 11 is 7.49. The second-order valence-corrected chi connectivity index (χ2v) is 7.18. The predicted octanol–water partition coefficient (Wildman–Crippen LogP) is 4.47. The van der Waals surface area contributed by atoms with Crippen LogP contribution in [0.1, 0.15) is 16.2 Å². The minimum absolute atomic E-state index is 0.291. The molecule has 0 radical (unpaired) electrons. The quantitative estimate of drug-likeness (QED) is 0.556. The van der Waals surface area contributed by atoms with E-state index in [4.69, 9.17) is 11.6 Å². The summed E-state index contributed by atoms with van der Waals surface area (Å²) in [6, 6.07) is 16.3. The molecule has 0 aliphatic heterocycles. The van der Waals surface area contributed by atoms with Crippen molar-refractivity contribution < 1.29 is 4.79 Å². The zero-order valence-electron chi connectivity index (χ0n) is 14.3. The molecule has 2 heterocycles. The van der Waals surface area contributed by atoms with Crippen LogP contribution >= 0.6 is 22.9 Å². The van der Waals surface area contributed by atoms with E-state index in [1.165, 1.54) is 16.0 Å². The van der Waals surface area contributed by atoms with Crippen LogP contribution in [-0.2, 0) is 0 Å². The van der Waals surface area contributed by atoms with Gasteiger partial charge in [-0.3, -0.25) is 15.0 Å². The number of fused-ring (bicyclic) bond motifs is 1. The Bertz CT molecular complexity index is 1220. The van der Waals surface area contributed by atoms with Gasteiger partial charge < -0.3 is 0 Å². The molecule has 27 heavy (non-hydrogen) atoms. The lowest BCUT2D eigenvalue weighted by Gasteiger charge is -2.12. The topological polar surface area (TPSA) is 64.0 Å². The fraction of sp³-hybridized carbons (Fsp3) is 0.0500. The van der Waals surface area contributed by atoms with Crippen LogP contribution in [0.4, 0.5) is 0 Å². The van der Waals surface area contributed by atoms with Crippen molar-refractivity contribution in [1.82, 2.24) is 9.66 Å². The van der Waals surface area contributed by atoms with Crippen LogP contribution in [-0.4, -0.2) is 15.6 Å². The summed E-state index contributed by atoms with van der Waals surface area (Å²) in [5, 5.41) is 2.71. The maximum absolute atomic E-state index is 13.1. The Balaban J connectivity index is 1.83. The first kappa shape index (κ1) is 17.5. The first-order valence-corrected chi connectivity index (χ1v) is 9.44. The number of amides is 1. The Labute approximate surface area is 163 Å².